The van der Waals surface area contributed by atoms with Gasteiger partial charge in [0, 0.05) is 17.3 Å². The number of oxime groups is 1. The van der Waals surface area contributed by atoms with Crippen LogP contribution >= 0.6 is 34.8 Å². The molecule has 0 fully saturated rings. The summed E-state index contributed by atoms with van der Waals surface area (Å²) in [6, 6.07) is 4.03. The summed E-state index contributed by atoms with van der Waals surface area (Å²) in [6.07, 6.45) is 1.54. The van der Waals surface area contributed by atoms with Gasteiger partial charge in [-0.25, -0.2) is 4.39 Å². The van der Waals surface area contributed by atoms with E-state index in [0.29, 0.717) is 0 Å². The highest BCUT2D eigenvalue weighted by Crippen LogP contribution is 2.33. The zero-order valence-corrected chi connectivity index (χ0v) is 13.6. The lowest BCUT2D eigenvalue weighted by Gasteiger charge is -2.10. The molecule has 0 spiro atoms. The summed E-state index contributed by atoms with van der Waals surface area (Å²) in [7, 11) is 0. The molecule has 0 radical (unpaired) electrons. The van der Waals surface area contributed by atoms with Gasteiger partial charge in [-0.3, -0.25) is 4.98 Å². The van der Waals surface area contributed by atoms with Crippen LogP contribution in [0.15, 0.2) is 36.1 Å². The molecule has 22 heavy (non-hydrogen) atoms. The first kappa shape index (κ1) is 16.7. The summed E-state index contributed by atoms with van der Waals surface area (Å²) >= 11 is 17.8. The van der Waals surface area contributed by atoms with Crippen molar-refractivity contribution >= 4 is 45.5 Å². The van der Waals surface area contributed by atoms with E-state index in [1.54, 1.807) is 12.3 Å². The van der Waals surface area contributed by atoms with E-state index in [4.69, 9.17) is 40.0 Å². The van der Waals surface area contributed by atoms with E-state index in [2.05, 4.69) is 16.7 Å². The standard InChI is InChI=1S/C15H10Cl3FN2O/c1-7(2)8-3-12(17)14(20-6-8)10-4-9(15(18)21-22)11(16)5-13(10)19/h3-6,22H,1H2,2H3/b21-15-. The molecule has 0 amide bonds. The van der Waals surface area contributed by atoms with Crippen molar-refractivity contribution < 1.29 is 9.60 Å². The van der Waals surface area contributed by atoms with Crippen LogP contribution in [0.25, 0.3) is 16.8 Å². The van der Waals surface area contributed by atoms with Crippen LogP contribution in [0.4, 0.5) is 4.39 Å². The first-order valence-corrected chi connectivity index (χ1v) is 7.17. The van der Waals surface area contributed by atoms with Crippen LogP contribution in [0.5, 0.6) is 0 Å². The van der Waals surface area contributed by atoms with Crippen LogP contribution in [-0.2, 0) is 0 Å². The van der Waals surface area contributed by atoms with Crippen molar-refractivity contribution in [3.8, 4) is 11.3 Å². The van der Waals surface area contributed by atoms with Gasteiger partial charge in [0.05, 0.1) is 15.7 Å². The van der Waals surface area contributed by atoms with Gasteiger partial charge in [-0.15, -0.1) is 0 Å². The molecule has 1 heterocycles. The summed E-state index contributed by atoms with van der Waals surface area (Å²) in [5.41, 5.74) is 2.03. The van der Waals surface area contributed by atoms with Crippen molar-refractivity contribution in [1.29, 1.82) is 0 Å². The Morgan fingerprint density at radius 2 is 1.95 bits per heavy atom. The molecule has 2 aromatic rings. The van der Waals surface area contributed by atoms with Crippen molar-refractivity contribution in [3.63, 3.8) is 0 Å². The summed E-state index contributed by atoms with van der Waals surface area (Å²) in [5, 5.41) is 11.6. The lowest BCUT2D eigenvalue weighted by molar-refractivity contribution is 0.321. The van der Waals surface area contributed by atoms with Gasteiger partial charge in [-0.05, 0) is 36.3 Å². The van der Waals surface area contributed by atoms with Crippen LogP contribution in [0.1, 0.15) is 18.1 Å². The number of hydrogen-bond acceptors (Lipinski definition) is 3. The number of benzene rings is 1. The predicted molar refractivity (Wildman–Crippen MR) is 88.5 cm³/mol. The zero-order chi connectivity index (χ0) is 16.4. The summed E-state index contributed by atoms with van der Waals surface area (Å²) in [4.78, 5) is 4.17. The van der Waals surface area contributed by atoms with Gasteiger partial charge in [-0.2, -0.15) is 0 Å². The second kappa shape index (κ2) is 6.65. The molecule has 1 N–H and O–H groups in total. The lowest BCUT2D eigenvalue weighted by atomic mass is 10.0. The Balaban J connectivity index is 2.65. The SMILES string of the molecule is C=C(C)c1cnc(-c2cc(/C(Cl)=N/O)c(Cl)cc2F)c(Cl)c1. The predicted octanol–water partition coefficient (Wildman–Crippen LogP) is 5.60. The Kier molecular flexibility index (Phi) is 5.06. The average Bonchev–Trinajstić information content (AvgIpc) is 2.47. The molecule has 0 bridgehead atoms. The van der Waals surface area contributed by atoms with E-state index in [-0.39, 0.29) is 32.0 Å². The first-order valence-electron chi connectivity index (χ1n) is 6.04. The van der Waals surface area contributed by atoms with Gasteiger partial charge in [-0.1, -0.05) is 46.5 Å². The second-order valence-electron chi connectivity index (χ2n) is 4.54. The third-order valence-corrected chi connectivity index (χ3v) is 3.84. The molecular formula is C15H10Cl3FN2O. The van der Waals surface area contributed by atoms with Crippen LogP contribution in [0.2, 0.25) is 10.0 Å². The van der Waals surface area contributed by atoms with Gasteiger partial charge >= 0.3 is 0 Å². The number of aromatic nitrogens is 1. The Labute approximate surface area is 141 Å². The minimum atomic E-state index is -0.617. The molecule has 1 aromatic carbocycles. The molecule has 2 rings (SSSR count). The third-order valence-electron chi connectivity index (χ3n) is 2.96. The van der Waals surface area contributed by atoms with Gasteiger partial charge in [0.1, 0.15) is 5.82 Å². The maximum atomic E-state index is 14.2. The number of allylic oxidation sites excluding steroid dienone is 1. The highest BCUT2D eigenvalue weighted by molar-refractivity contribution is 6.70. The van der Waals surface area contributed by atoms with Crippen molar-refractivity contribution in [2.24, 2.45) is 5.16 Å². The molecule has 3 nitrogen and oxygen atoms in total. The Morgan fingerprint density at radius 1 is 1.27 bits per heavy atom. The monoisotopic (exact) mass is 358 g/mol. The van der Waals surface area contributed by atoms with Crippen molar-refractivity contribution in [2.75, 3.05) is 0 Å². The largest absolute Gasteiger partial charge is 0.410 e. The van der Waals surface area contributed by atoms with Crippen molar-refractivity contribution in [2.45, 2.75) is 6.92 Å². The quantitative estimate of drug-likeness (QED) is 0.440. The summed E-state index contributed by atoms with van der Waals surface area (Å²) < 4.78 is 14.2. The van der Waals surface area contributed by atoms with Gasteiger partial charge in [0.25, 0.3) is 0 Å². The maximum Gasteiger partial charge on any atom is 0.176 e. The minimum absolute atomic E-state index is 0.0127. The number of pyridine rings is 1. The second-order valence-corrected chi connectivity index (χ2v) is 5.71. The number of hydrogen-bond donors (Lipinski definition) is 1. The number of halogens is 4. The molecular weight excluding hydrogens is 350 g/mol. The van der Waals surface area contributed by atoms with E-state index in [9.17, 15) is 4.39 Å². The molecule has 0 aliphatic carbocycles. The Bertz CT molecular complexity index is 791. The highest BCUT2D eigenvalue weighted by atomic mass is 35.5. The fourth-order valence-electron chi connectivity index (χ4n) is 1.81. The van der Waals surface area contributed by atoms with E-state index in [1.807, 2.05) is 6.92 Å². The van der Waals surface area contributed by atoms with Gasteiger partial charge < -0.3 is 5.21 Å². The molecule has 0 saturated heterocycles. The minimum Gasteiger partial charge on any atom is -0.410 e. The molecule has 1 aromatic heterocycles. The van der Waals surface area contributed by atoms with Crippen LogP contribution in [0, 0.1) is 5.82 Å². The fraction of sp³-hybridized carbons (Fsp3) is 0.0667. The topological polar surface area (TPSA) is 45.5 Å². The summed E-state index contributed by atoms with van der Waals surface area (Å²) in [6.45, 7) is 5.61. The van der Waals surface area contributed by atoms with E-state index in [0.717, 1.165) is 17.2 Å². The molecule has 7 heteroatoms. The fourth-order valence-corrected chi connectivity index (χ4v) is 2.52. The normalized spacial score (nSPS) is 11.6. The number of rotatable bonds is 3. The van der Waals surface area contributed by atoms with Gasteiger partial charge in [0.15, 0.2) is 5.17 Å². The van der Waals surface area contributed by atoms with Crippen LogP contribution in [0.3, 0.4) is 0 Å². The van der Waals surface area contributed by atoms with Crippen molar-refractivity contribution in [3.05, 3.63) is 58.0 Å². The van der Waals surface area contributed by atoms with Gasteiger partial charge in [0.2, 0.25) is 0 Å². The van der Waals surface area contributed by atoms with Crippen molar-refractivity contribution in [1.82, 2.24) is 4.98 Å². The molecule has 0 unspecified atom stereocenters. The van der Waals surface area contributed by atoms with E-state index >= 15 is 0 Å². The van der Waals surface area contributed by atoms with E-state index < -0.39 is 5.82 Å². The maximum absolute atomic E-state index is 14.2. The van der Waals surface area contributed by atoms with Crippen LogP contribution in [-0.4, -0.2) is 15.4 Å². The third kappa shape index (κ3) is 3.24. The van der Waals surface area contributed by atoms with E-state index in [1.165, 1.54) is 6.07 Å². The smallest absolute Gasteiger partial charge is 0.176 e. The summed E-state index contributed by atoms with van der Waals surface area (Å²) in [5.74, 6) is -0.617. The molecule has 0 aliphatic heterocycles. The molecule has 0 saturated carbocycles. The van der Waals surface area contributed by atoms with Crippen LogP contribution < -0.4 is 0 Å². The molecule has 0 aliphatic rings. The first-order chi connectivity index (χ1) is 10.3. The number of nitrogens with zero attached hydrogens (tertiary/aromatic N) is 2. The molecule has 0 atom stereocenters. The zero-order valence-electron chi connectivity index (χ0n) is 11.4. The lowest BCUT2D eigenvalue weighted by Crippen LogP contribution is -1.98. The Morgan fingerprint density at radius 3 is 2.50 bits per heavy atom. The highest BCUT2D eigenvalue weighted by Gasteiger charge is 2.17. The molecule has 114 valence electrons. The Hall–Kier alpha value is -1.62. The average molecular weight is 360 g/mol.